The number of hydrogen-bond acceptors (Lipinski definition) is 0. The molecule has 0 saturated carbocycles. The van der Waals surface area contributed by atoms with Crippen molar-refractivity contribution in [1.29, 1.82) is 0 Å². The zero-order valence-corrected chi connectivity index (χ0v) is 8.65. The monoisotopic (exact) mass is 186 g/mol. The van der Waals surface area contributed by atoms with Gasteiger partial charge in [-0.05, 0) is 30.7 Å². The highest BCUT2D eigenvalue weighted by atomic mass is 14.1. The maximum absolute atomic E-state index is 3.84. The van der Waals surface area contributed by atoms with Gasteiger partial charge in [-0.25, -0.2) is 0 Å². The van der Waals surface area contributed by atoms with Gasteiger partial charge in [0.15, 0.2) is 0 Å². The molecule has 0 heteroatoms. The summed E-state index contributed by atoms with van der Waals surface area (Å²) in [6.45, 7) is 7.60. The minimum absolute atomic E-state index is 0.577. The first-order valence-corrected chi connectivity index (χ1v) is 5.14. The molecular weight excluding hydrogens is 168 g/mol. The Morgan fingerprint density at radius 3 is 2.43 bits per heavy atom. The van der Waals surface area contributed by atoms with Gasteiger partial charge in [-0.15, -0.1) is 13.2 Å². The summed E-state index contributed by atoms with van der Waals surface area (Å²) in [5, 5.41) is 0. The average molecular weight is 186 g/mol. The van der Waals surface area contributed by atoms with Crippen molar-refractivity contribution in [2.24, 2.45) is 5.92 Å². The van der Waals surface area contributed by atoms with E-state index in [2.05, 4.69) is 43.5 Å². The van der Waals surface area contributed by atoms with Crippen molar-refractivity contribution in [2.75, 3.05) is 0 Å². The number of hydrogen-bond donors (Lipinski definition) is 0. The molecule has 1 atom stereocenters. The van der Waals surface area contributed by atoms with Gasteiger partial charge in [0.1, 0.15) is 0 Å². The van der Waals surface area contributed by atoms with Gasteiger partial charge < -0.3 is 0 Å². The Kier molecular flexibility index (Phi) is 4.77. The van der Waals surface area contributed by atoms with Gasteiger partial charge in [-0.1, -0.05) is 42.5 Å². The van der Waals surface area contributed by atoms with E-state index >= 15 is 0 Å². The fraction of sp³-hybridized carbons (Fsp3) is 0.286. The van der Waals surface area contributed by atoms with Crippen LogP contribution in [-0.4, -0.2) is 0 Å². The molecule has 0 aliphatic carbocycles. The molecule has 0 unspecified atom stereocenters. The Hall–Kier alpha value is -1.30. The highest BCUT2D eigenvalue weighted by Crippen LogP contribution is 2.14. The van der Waals surface area contributed by atoms with Gasteiger partial charge in [-0.3, -0.25) is 0 Å². The van der Waals surface area contributed by atoms with Gasteiger partial charge >= 0.3 is 0 Å². The Balaban J connectivity index is 2.39. The molecule has 0 aromatic heterocycles. The summed E-state index contributed by atoms with van der Waals surface area (Å²) in [5.41, 5.74) is 1.41. The van der Waals surface area contributed by atoms with Crippen molar-refractivity contribution in [3.8, 4) is 0 Å². The Morgan fingerprint density at radius 2 is 1.86 bits per heavy atom. The largest absolute Gasteiger partial charge is 0.103 e. The molecule has 0 radical (unpaired) electrons. The first kappa shape index (κ1) is 10.8. The SMILES string of the molecule is C=CC[C@@H](C=C)CCc1ccccc1. The summed E-state index contributed by atoms with van der Waals surface area (Å²) >= 11 is 0. The van der Waals surface area contributed by atoms with E-state index in [0.717, 1.165) is 12.8 Å². The van der Waals surface area contributed by atoms with Gasteiger partial charge in [0.25, 0.3) is 0 Å². The van der Waals surface area contributed by atoms with E-state index in [1.165, 1.54) is 12.0 Å². The second kappa shape index (κ2) is 6.20. The predicted molar refractivity (Wildman–Crippen MR) is 63.3 cm³/mol. The normalized spacial score (nSPS) is 12.0. The molecule has 0 aliphatic rings. The van der Waals surface area contributed by atoms with Crippen molar-refractivity contribution >= 4 is 0 Å². The third-order valence-electron chi connectivity index (χ3n) is 2.45. The topological polar surface area (TPSA) is 0 Å². The molecule has 14 heavy (non-hydrogen) atoms. The second-order valence-electron chi connectivity index (χ2n) is 3.54. The van der Waals surface area contributed by atoms with Crippen LogP contribution in [0.4, 0.5) is 0 Å². The number of aryl methyl sites for hydroxylation is 1. The lowest BCUT2D eigenvalue weighted by molar-refractivity contribution is 0.601. The standard InChI is InChI=1S/C14H18/c1-3-8-13(4-2)11-12-14-9-6-5-7-10-14/h3-7,9-10,13H,1-2,8,11-12H2/t13-/m1/s1. The highest BCUT2D eigenvalue weighted by Gasteiger charge is 2.01. The van der Waals surface area contributed by atoms with Crippen LogP contribution in [0.2, 0.25) is 0 Å². The highest BCUT2D eigenvalue weighted by molar-refractivity contribution is 5.14. The van der Waals surface area contributed by atoms with E-state index in [9.17, 15) is 0 Å². The van der Waals surface area contributed by atoms with Crippen LogP contribution in [0.3, 0.4) is 0 Å². The zero-order valence-electron chi connectivity index (χ0n) is 8.65. The van der Waals surface area contributed by atoms with Crippen LogP contribution < -0.4 is 0 Å². The maximum atomic E-state index is 3.84. The quantitative estimate of drug-likeness (QED) is 0.589. The maximum Gasteiger partial charge on any atom is -0.0199 e. The van der Waals surface area contributed by atoms with Crippen LogP contribution in [-0.2, 0) is 6.42 Å². The fourth-order valence-electron chi connectivity index (χ4n) is 1.54. The number of benzene rings is 1. The van der Waals surface area contributed by atoms with Crippen LogP contribution in [0.25, 0.3) is 0 Å². The van der Waals surface area contributed by atoms with Crippen molar-refractivity contribution < 1.29 is 0 Å². The minimum atomic E-state index is 0.577. The molecule has 0 saturated heterocycles. The van der Waals surface area contributed by atoms with E-state index in [4.69, 9.17) is 0 Å². The summed E-state index contributed by atoms with van der Waals surface area (Å²) in [6.07, 6.45) is 7.34. The third-order valence-corrected chi connectivity index (χ3v) is 2.45. The first-order chi connectivity index (χ1) is 6.86. The van der Waals surface area contributed by atoms with Crippen molar-refractivity contribution in [2.45, 2.75) is 19.3 Å². The molecule has 0 nitrogen and oxygen atoms in total. The van der Waals surface area contributed by atoms with Gasteiger partial charge in [0, 0.05) is 0 Å². The van der Waals surface area contributed by atoms with Crippen LogP contribution in [0.1, 0.15) is 18.4 Å². The number of allylic oxidation sites excluding steroid dienone is 2. The molecule has 1 aromatic rings. The van der Waals surface area contributed by atoms with Crippen molar-refractivity contribution in [1.82, 2.24) is 0 Å². The Bertz CT molecular complexity index is 271. The van der Waals surface area contributed by atoms with E-state index < -0.39 is 0 Å². The Morgan fingerprint density at radius 1 is 1.14 bits per heavy atom. The fourth-order valence-corrected chi connectivity index (χ4v) is 1.54. The lowest BCUT2D eigenvalue weighted by Crippen LogP contribution is -1.97. The lowest BCUT2D eigenvalue weighted by Gasteiger charge is -2.09. The molecule has 0 amide bonds. The molecule has 0 spiro atoms. The minimum Gasteiger partial charge on any atom is -0.103 e. The summed E-state index contributed by atoms with van der Waals surface area (Å²) in [4.78, 5) is 0. The molecular formula is C14H18. The van der Waals surface area contributed by atoms with Gasteiger partial charge in [0.05, 0.1) is 0 Å². The molecule has 0 heterocycles. The number of rotatable bonds is 6. The lowest BCUT2D eigenvalue weighted by atomic mass is 9.97. The molecule has 0 fully saturated rings. The van der Waals surface area contributed by atoms with Gasteiger partial charge in [-0.2, -0.15) is 0 Å². The molecule has 0 N–H and O–H groups in total. The van der Waals surface area contributed by atoms with E-state index in [1.54, 1.807) is 0 Å². The molecule has 1 aromatic carbocycles. The summed E-state index contributed by atoms with van der Waals surface area (Å²) in [7, 11) is 0. The molecule has 74 valence electrons. The summed E-state index contributed by atoms with van der Waals surface area (Å²) < 4.78 is 0. The molecule has 0 bridgehead atoms. The van der Waals surface area contributed by atoms with E-state index in [0.29, 0.717) is 5.92 Å². The first-order valence-electron chi connectivity index (χ1n) is 5.14. The van der Waals surface area contributed by atoms with Crippen LogP contribution >= 0.6 is 0 Å². The predicted octanol–water partition coefficient (Wildman–Crippen LogP) is 4.00. The van der Waals surface area contributed by atoms with E-state index in [1.807, 2.05) is 12.2 Å². The van der Waals surface area contributed by atoms with Crippen LogP contribution in [0, 0.1) is 5.92 Å². The third kappa shape index (κ3) is 3.61. The van der Waals surface area contributed by atoms with Crippen LogP contribution in [0.5, 0.6) is 0 Å². The summed E-state index contributed by atoms with van der Waals surface area (Å²) in [6, 6.07) is 10.6. The average Bonchev–Trinajstić information content (AvgIpc) is 2.25. The van der Waals surface area contributed by atoms with Gasteiger partial charge in [0.2, 0.25) is 0 Å². The van der Waals surface area contributed by atoms with Crippen molar-refractivity contribution in [3.05, 3.63) is 61.2 Å². The Labute approximate surface area is 87.0 Å². The van der Waals surface area contributed by atoms with Crippen LogP contribution in [0.15, 0.2) is 55.6 Å². The molecule has 0 aliphatic heterocycles. The summed E-state index contributed by atoms with van der Waals surface area (Å²) in [5.74, 6) is 0.577. The second-order valence-corrected chi connectivity index (χ2v) is 3.54. The van der Waals surface area contributed by atoms with E-state index in [-0.39, 0.29) is 0 Å². The zero-order chi connectivity index (χ0) is 10.2. The van der Waals surface area contributed by atoms with Crippen molar-refractivity contribution in [3.63, 3.8) is 0 Å². The molecule has 1 rings (SSSR count). The smallest absolute Gasteiger partial charge is 0.0199 e.